The summed E-state index contributed by atoms with van der Waals surface area (Å²) in [4.78, 5) is 23.2. The Kier molecular flexibility index (Phi) is 7.09. The van der Waals surface area contributed by atoms with Crippen LogP contribution in [0.2, 0.25) is 0 Å². The highest BCUT2D eigenvalue weighted by Gasteiger charge is 2.26. The molecule has 3 N–H and O–H groups in total. The van der Waals surface area contributed by atoms with E-state index < -0.39 is 0 Å². The van der Waals surface area contributed by atoms with Crippen molar-refractivity contribution < 1.29 is 23.7 Å². The molecule has 0 radical (unpaired) electrons. The molecule has 10 heteroatoms. The highest BCUT2D eigenvalue weighted by Crippen LogP contribution is 2.36. The smallest absolute Gasteiger partial charge is 0.257 e. The van der Waals surface area contributed by atoms with Crippen LogP contribution < -0.4 is 30.0 Å². The average Bonchev–Trinajstić information content (AvgIpc) is 3.25. The summed E-state index contributed by atoms with van der Waals surface area (Å²) in [6, 6.07) is 18.5. The van der Waals surface area contributed by atoms with Crippen molar-refractivity contribution >= 4 is 33.9 Å². The molecular formula is C29H29N5O5. The minimum Gasteiger partial charge on any atom is -0.497 e. The molecule has 0 aliphatic carbocycles. The maximum Gasteiger partial charge on any atom is 0.257 e. The number of fused-ring (bicyclic) bond motifs is 2. The van der Waals surface area contributed by atoms with Gasteiger partial charge in [-0.2, -0.15) is 0 Å². The zero-order chi connectivity index (χ0) is 27.5. The standard InChI is InChI=1S/C29H29N5O5/c1-36-18-10-11-21(23(16-18)38-3)34-27(30)25(26-28(34)33-20-8-6-5-7-19(20)32-26)29(35)31-14-13-17-9-12-22(37-2)24(15-17)39-4/h5-12,15-16H,13-14,30H2,1-4H3,(H,31,35). The van der Waals surface area contributed by atoms with Crippen LogP contribution in [0.4, 0.5) is 5.82 Å². The van der Waals surface area contributed by atoms with E-state index in [1.807, 2.05) is 48.5 Å². The lowest BCUT2D eigenvalue weighted by Gasteiger charge is -2.14. The minimum absolute atomic E-state index is 0.201. The minimum atomic E-state index is -0.353. The number of hydrogen-bond acceptors (Lipinski definition) is 8. The van der Waals surface area contributed by atoms with E-state index in [1.54, 1.807) is 45.1 Å². The highest BCUT2D eigenvalue weighted by atomic mass is 16.5. The van der Waals surface area contributed by atoms with Gasteiger partial charge in [-0.25, -0.2) is 9.97 Å². The zero-order valence-corrected chi connectivity index (χ0v) is 22.1. The van der Waals surface area contributed by atoms with E-state index in [9.17, 15) is 4.79 Å². The van der Waals surface area contributed by atoms with E-state index in [0.29, 0.717) is 63.8 Å². The van der Waals surface area contributed by atoms with Gasteiger partial charge in [0, 0.05) is 12.6 Å². The third-order valence-corrected chi connectivity index (χ3v) is 6.50. The largest absolute Gasteiger partial charge is 0.497 e. The second-order valence-corrected chi connectivity index (χ2v) is 8.71. The number of nitrogen functional groups attached to an aromatic ring is 1. The normalized spacial score (nSPS) is 11.0. The molecule has 0 atom stereocenters. The van der Waals surface area contributed by atoms with Crippen LogP contribution >= 0.6 is 0 Å². The number of nitrogens with zero attached hydrogens (tertiary/aromatic N) is 3. The molecular weight excluding hydrogens is 498 g/mol. The summed E-state index contributed by atoms with van der Waals surface area (Å²) in [5.41, 5.74) is 10.7. The summed E-state index contributed by atoms with van der Waals surface area (Å²) in [5, 5.41) is 2.98. The number of nitrogens with one attached hydrogen (secondary N) is 1. The maximum atomic E-state index is 13.6. The predicted molar refractivity (Wildman–Crippen MR) is 149 cm³/mol. The number of rotatable bonds is 9. The number of ether oxygens (including phenoxy) is 4. The van der Waals surface area contributed by atoms with Crippen molar-refractivity contribution in [3.63, 3.8) is 0 Å². The summed E-state index contributed by atoms with van der Waals surface area (Å²) >= 11 is 0. The first-order valence-electron chi connectivity index (χ1n) is 12.3. The van der Waals surface area contributed by atoms with Crippen molar-refractivity contribution in [2.75, 3.05) is 40.7 Å². The summed E-state index contributed by atoms with van der Waals surface area (Å²) in [6.07, 6.45) is 0.575. The molecule has 5 rings (SSSR count). The number of anilines is 1. The van der Waals surface area contributed by atoms with E-state index in [2.05, 4.69) is 5.32 Å². The first kappa shape index (κ1) is 25.7. The van der Waals surface area contributed by atoms with Crippen molar-refractivity contribution in [1.82, 2.24) is 19.9 Å². The highest BCUT2D eigenvalue weighted by molar-refractivity contribution is 6.11. The van der Waals surface area contributed by atoms with Crippen LogP contribution in [-0.4, -0.2) is 55.4 Å². The van der Waals surface area contributed by atoms with Gasteiger partial charge < -0.3 is 30.0 Å². The van der Waals surface area contributed by atoms with Crippen molar-refractivity contribution in [2.24, 2.45) is 0 Å². The lowest BCUT2D eigenvalue weighted by atomic mass is 10.1. The number of hydrogen-bond donors (Lipinski definition) is 2. The fourth-order valence-corrected chi connectivity index (χ4v) is 4.54. The summed E-state index contributed by atoms with van der Waals surface area (Å²) < 4.78 is 23.4. The number of carbonyl (C=O) groups excluding carboxylic acids is 1. The number of methoxy groups -OCH3 is 4. The monoisotopic (exact) mass is 527 g/mol. The average molecular weight is 528 g/mol. The van der Waals surface area contributed by atoms with Crippen LogP contribution in [0.3, 0.4) is 0 Å². The van der Waals surface area contributed by atoms with Crippen LogP contribution in [0.15, 0.2) is 60.7 Å². The van der Waals surface area contributed by atoms with E-state index in [-0.39, 0.29) is 17.3 Å². The van der Waals surface area contributed by atoms with Gasteiger partial charge in [-0.15, -0.1) is 0 Å². The lowest BCUT2D eigenvalue weighted by molar-refractivity contribution is 0.0956. The first-order valence-corrected chi connectivity index (χ1v) is 12.3. The van der Waals surface area contributed by atoms with Crippen molar-refractivity contribution in [2.45, 2.75) is 6.42 Å². The predicted octanol–water partition coefficient (Wildman–Crippen LogP) is 4.16. The Labute approximate surface area is 225 Å². The fourth-order valence-electron chi connectivity index (χ4n) is 4.54. The van der Waals surface area contributed by atoms with Crippen molar-refractivity contribution in [3.05, 3.63) is 71.8 Å². The summed E-state index contributed by atoms with van der Waals surface area (Å²) in [5.74, 6) is 2.25. The van der Waals surface area contributed by atoms with Crippen LogP contribution in [0.5, 0.6) is 23.0 Å². The fraction of sp³-hybridized carbons (Fsp3) is 0.207. The van der Waals surface area contributed by atoms with E-state index >= 15 is 0 Å². The van der Waals surface area contributed by atoms with E-state index in [1.165, 1.54) is 0 Å². The Bertz CT molecular complexity index is 1680. The molecule has 10 nitrogen and oxygen atoms in total. The molecule has 0 aliphatic heterocycles. The van der Waals surface area contributed by atoms with Gasteiger partial charge >= 0.3 is 0 Å². The van der Waals surface area contributed by atoms with E-state index in [4.69, 9.17) is 34.6 Å². The third kappa shape index (κ3) is 4.72. The molecule has 2 heterocycles. The lowest BCUT2D eigenvalue weighted by Crippen LogP contribution is -2.26. The molecule has 1 amide bonds. The number of carbonyl (C=O) groups is 1. The Morgan fingerprint density at radius 3 is 2.26 bits per heavy atom. The van der Waals surface area contributed by atoms with Gasteiger partial charge in [0.2, 0.25) is 0 Å². The topological polar surface area (TPSA) is 123 Å². The second-order valence-electron chi connectivity index (χ2n) is 8.71. The molecule has 200 valence electrons. The molecule has 0 bridgehead atoms. The molecule has 0 saturated heterocycles. The number of benzene rings is 3. The van der Waals surface area contributed by atoms with Gasteiger partial charge in [-0.3, -0.25) is 9.36 Å². The van der Waals surface area contributed by atoms with Crippen molar-refractivity contribution in [1.29, 1.82) is 0 Å². The second kappa shape index (κ2) is 10.8. The number of amides is 1. The Morgan fingerprint density at radius 2 is 1.56 bits per heavy atom. The van der Waals surface area contributed by atoms with Crippen LogP contribution in [0.25, 0.3) is 27.9 Å². The quantitative estimate of drug-likeness (QED) is 0.293. The van der Waals surface area contributed by atoms with Crippen LogP contribution in [-0.2, 0) is 6.42 Å². The van der Waals surface area contributed by atoms with Gasteiger partial charge in [0.25, 0.3) is 5.91 Å². The third-order valence-electron chi connectivity index (χ3n) is 6.50. The molecule has 0 saturated carbocycles. The molecule has 0 aliphatic rings. The van der Waals surface area contributed by atoms with Crippen LogP contribution in [0.1, 0.15) is 15.9 Å². The zero-order valence-electron chi connectivity index (χ0n) is 22.1. The summed E-state index contributed by atoms with van der Waals surface area (Å²) in [7, 11) is 6.32. The van der Waals surface area contributed by atoms with Gasteiger partial charge in [0.15, 0.2) is 17.1 Å². The molecule has 0 spiro atoms. The maximum absolute atomic E-state index is 13.6. The van der Waals surface area contributed by atoms with Gasteiger partial charge in [-0.05, 0) is 48.4 Å². The molecule has 0 unspecified atom stereocenters. The molecule has 5 aromatic rings. The summed E-state index contributed by atoms with van der Waals surface area (Å²) in [6.45, 7) is 0.368. The van der Waals surface area contributed by atoms with Gasteiger partial charge in [0.05, 0.1) is 45.2 Å². The van der Waals surface area contributed by atoms with Gasteiger partial charge in [-0.1, -0.05) is 18.2 Å². The Morgan fingerprint density at radius 1 is 0.846 bits per heavy atom. The number of para-hydroxylation sites is 2. The molecule has 2 aromatic heterocycles. The molecule has 0 fully saturated rings. The first-order chi connectivity index (χ1) is 19.0. The molecule has 3 aromatic carbocycles. The molecule has 39 heavy (non-hydrogen) atoms. The van der Waals surface area contributed by atoms with Crippen LogP contribution in [0, 0.1) is 0 Å². The Hall–Kier alpha value is -4.99. The van der Waals surface area contributed by atoms with Gasteiger partial charge in [0.1, 0.15) is 28.4 Å². The van der Waals surface area contributed by atoms with E-state index in [0.717, 1.165) is 5.56 Å². The van der Waals surface area contributed by atoms with Crippen molar-refractivity contribution in [3.8, 4) is 28.7 Å². The number of nitrogens with two attached hydrogens (primary N) is 1. The Balaban J connectivity index is 1.54. The number of aromatic nitrogens is 3. The SMILES string of the molecule is COc1ccc(-n2c(N)c(C(=O)NCCc3ccc(OC)c(OC)c3)c3nc4ccccc4nc32)c(OC)c1.